The molecular formula is C14H21NO2. The van der Waals surface area contributed by atoms with Gasteiger partial charge in [-0.15, -0.1) is 11.8 Å². The number of carbonyl (C=O) groups is 1. The van der Waals surface area contributed by atoms with E-state index in [9.17, 15) is 9.90 Å². The first-order chi connectivity index (χ1) is 8.13. The second-order valence-electron chi connectivity index (χ2n) is 4.48. The van der Waals surface area contributed by atoms with E-state index in [1.54, 1.807) is 6.08 Å². The molecule has 0 aromatic heterocycles. The van der Waals surface area contributed by atoms with E-state index in [4.69, 9.17) is 0 Å². The molecule has 1 aliphatic rings. The number of nitrogens with one attached hydrogen (secondary N) is 1. The molecule has 0 aliphatic carbocycles. The predicted molar refractivity (Wildman–Crippen MR) is 68.2 cm³/mol. The fourth-order valence-electron chi connectivity index (χ4n) is 1.70. The first kappa shape index (κ1) is 13.8. The summed E-state index contributed by atoms with van der Waals surface area (Å²) in [6, 6.07) is 0.0890. The standard InChI is InChI=1S/C14H21NO2/c1-3-4-5-6-11(2)13(16)9-7-12-8-10-14(17)15-12/h7,9,11-13,16H,3,6,8,10H2,1-2H3,(H,15,17)/b9-7+/t11-,12+,13-/m1/s1. The van der Waals surface area contributed by atoms with Gasteiger partial charge in [-0.25, -0.2) is 0 Å². The van der Waals surface area contributed by atoms with Gasteiger partial charge in [0.1, 0.15) is 0 Å². The largest absolute Gasteiger partial charge is 0.389 e. The maximum atomic E-state index is 11.0. The first-order valence-corrected chi connectivity index (χ1v) is 6.25. The van der Waals surface area contributed by atoms with E-state index in [1.807, 2.05) is 19.9 Å². The zero-order valence-electron chi connectivity index (χ0n) is 10.6. The Balaban J connectivity index is 2.34. The Morgan fingerprint density at radius 3 is 2.94 bits per heavy atom. The molecule has 3 atom stereocenters. The molecule has 0 spiro atoms. The Morgan fingerprint density at radius 2 is 2.35 bits per heavy atom. The number of aliphatic hydroxyl groups excluding tert-OH is 1. The van der Waals surface area contributed by atoms with Crippen LogP contribution in [0.3, 0.4) is 0 Å². The lowest BCUT2D eigenvalue weighted by atomic mass is 10.00. The molecule has 1 heterocycles. The molecule has 0 aromatic rings. The summed E-state index contributed by atoms with van der Waals surface area (Å²) in [5.41, 5.74) is 0. The summed E-state index contributed by atoms with van der Waals surface area (Å²) in [6.45, 7) is 3.99. The minimum atomic E-state index is -0.487. The maximum Gasteiger partial charge on any atom is 0.220 e. The van der Waals surface area contributed by atoms with Gasteiger partial charge in [0.25, 0.3) is 0 Å². The van der Waals surface area contributed by atoms with Gasteiger partial charge in [0.2, 0.25) is 5.91 Å². The van der Waals surface area contributed by atoms with Crippen molar-refractivity contribution in [1.29, 1.82) is 0 Å². The number of carbonyl (C=O) groups excluding carboxylic acids is 1. The van der Waals surface area contributed by atoms with Crippen LogP contribution in [0.1, 0.15) is 39.5 Å². The average Bonchev–Trinajstić information content (AvgIpc) is 2.72. The lowest BCUT2D eigenvalue weighted by Crippen LogP contribution is -2.24. The third-order valence-corrected chi connectivity index (χ3v) is 2.88. The monoisotopic (exact) mass is 235 g/mol. The van der Waals surface area contributed by atoms with Crippen LogP contribution in [0.25, 0.3) is 0 Å². The van der Waals surface area contributed by atoms with Crippen molar-refractivity contribution in [2.75, 3.05) is 0 Å². The molecule has 2 N–H and O–H groups in total. The van der Waals surface area contributed by atoms with Gasteiger partial charge in [0.05, 0.1) is 6.10 Å². The lowest BCUT2D eigenvalue weighted by molar-refractivity contribution is -0.119. The van der Waals surface area contributed by atoms with E-state index in [2.05, 4.69) is 17.2 Å². The molecule has 17 heavy (non-hydrogen) atoms. The second kappa shape index (κ2) is 7.13. The minimum Gasteiger partial charge on any atom is -0.389 e. The van der Waals surface area contributed by atoms with Crippen molar-refractivity contribution in [3.8, 4) is 11.8 Å². The van der Waals surface area contributed by atoms with Crippen LogP contribution < -0.4 is 5.32 Å². The van der Waals surface area contributed by atoms with Gasteiger partial charge in [0, 0.05) is 25.3 Å². The summed E-state index contributed by atoms with van der Waals surface area (Å²) in [6.07, 6.45) is 6.14. The summed E-state index contributed by atoms with van der Waals surface area (Å²) in [5.74, 6) is 6.25. The van der Waals surface area contributed by atoms with Gasteiger partial charge in [-0.1, -0.05) is 26.0 Å². The highest BCUT2D eigenvalue weighted by molar-refractivity contribution is 5.78. The van der Waals surface area contributed by atoms with Crippen molar-refractivity contribution in [2.24, 2.45) is 5.92 Å². The fourth-order valence-corrected chi connectivity index (χ4v) is 1.70. The van der Waals surface area contributed by atoms with Gasteiger partial charge >= 0.3 is 0 Å². The van der Waals surface area contributed by atoms with Crippen LogP contribution in [0.4, 0.5) is 0 Å². The number of hydrogen-bond donors (Lipinski definition) is 2. The SMILES string of the molecule is CCC#CC[C@@H](C)[C@H](O)/C=C/[C@H]1CCC(=O)N1. The van der Waals surface area contributed by atoms with E-state index < -0.39 is 6.10 Å². The van der Waals surface area contributed by atoms with Crippen molar-refractivity contribution in [3.63, 3.8) is 0 Å². The summed E-state index contributed by atoms with van der Waals surface area (Å²) >= 11 is 0. The Morgan fingerprint density at radius 1 is 1.59 bits per heavy atom. The van der Waals surface area contributed by atoms with Gasteiger partial charge in [-0.3, -0.25) is 4.79 Å². The van der Waals surface area contributed by atoms with Crippen LogP contribution in [-0.4, -0.2) is 23.2 Å². The van der Waals surface area contributed by atoms with E-state index in [0.717, 1.165) is 12.8 Å². The predicted octanol–water partition coefficient (Wildman–Crippen LogP) is 1.62. The van der Waals surface area contributed by atoms with Crippen LogP contribution >= 0.6 is 0 Å². The van der Waals surface area contributed by atoms with Crippen molar-refractivity contribution >= 4 is 5.91 Å². The molecule has 94 valence electrons. The highest BCUT2D eigenvalue weighted by Gasteiger charge is 2.18. The van der Waals surface area contributed by atoms with Crippen molar-refractivity contribution in [3.05, 3.63) is 12.2 Å². The van der Waals surface area contributed by atoms with Crippen molar-refractivity contribution in [1.82, 2.24) is 5.32 Å². The normalized spacial score (nSPS) is 23.0. The molecule has 3 nitrogen and oxygen atoms in total. The molecule has 0 saturated carbocycles. The highest BCUT2D eigenvalue weighted by atomic mass is 16.3. The quantitative estimate of drug-likeness (QED) is 0.574. The van der Waals surface area contributed by atoms with Crippen LogP contribution in [0.2, 0.25) is 0 Å². The fraction of sp³-hybridized carbons (Fsp3) is 0.643. The third kappa shape index (κ3) is 5.06. The smallest absolute Gasteiger partial charge is 0.220 e. The average molecular weight is 235 g/mol. The summed E-state index contributed by atoms with van der Waals surface area (Å²) in [4.78, 5) is 11.0. The molecule has 0 bridgehead atoms. The Kier molecular flexibility index (Phi) is 5.79. The van der Waals surface area contributed by atoms with Gasteiger partial charge in [-0.2, -0.15) is 0 Å². The topological polar surface area (TPSA) is 49.3 Å². The molecule has 1 fully saturated rings. The highest BCUT2D eigenvalue weighted by Crippen LogP contribution is 2.12. The zero-order chi connectivity index (χ0) is 12.7. The van der Waals surface area contributed by atoms with Gasteiger partial charge in [0.15, 0.2) is 0 Å². The Hall–Kier alpha value is -1.27. The maximum absolute atomic E-state index is 11.0. The third-order valence-electron chi connectivity index (χ3n) is 2.88. The van der Waals surface area contributed by atoms with Crippen LogP contribution in [0.15, 0.2) is 12.2 Å². The minimum absolute atomic E-state index is 0.0890. The summed E-state index contributed by atoms with van der Waals surface area (Å²) in [5, 5.41) is 12.7. The number of amides is 1. The summed E-state index contributed by atoms with van der Waals surface area (Å²) in [7, 11) is 0. The Bertz CT molecular complexity index is 338. The molecule has 0 radical (unpaired) electrons. The first-order valence-electron chi connectivity index (χ1n) is 6.25. The lowest BCUT2D eigenvalue weighted by Gasteiger charge is -2.13. The van der Waals surface area contributed by atoms with E-state index in [-0.39, 0.29) is 17.9 Å². The molecular weight excluding hydrogens is 214 g/mol. The van der Waals surface area contributed by atoms with Crippen LogP contribution in [0, 0.1) is 17.8 Å². The molecule has 1 amide bonds. The second-order valence-corrected chi connectivity index (χ2v) is 4.48. The molecule has 0 unspecified atom stereocenters. The van der Waals surface area contributed by atoms with Crippen LogP contribution in [-0.2, 0) is 4.79 Å². The molecule has 1 saturated heterocycles. The van der Waals surface area contributed by atoms with Crippen molar-refractivity contribution in [2.45, 2.75) is 51.7 Å². The molecule has 1 aliphatic heterocycles. The van der Waals surface area contributed by atoms with Crippen LogP contribution in [0.5, 0.6) is 0 Å². The Labute approximate surface area is 103 Å². The van der Waals surface area contributed by atoms with E-state index in [0.29, 0.717) is 12.8 Å². The molecule has 3 heteroatoms. The molecule has 0 aromatic carbocycles. The zero-order valence-corrected chi connectivity index (χ0v) is 10.6. The van der Waals surface area contributed by atoms with Crippen molar-refractivity contribution < 1.29 is 9.90 Å². The molecule has 1 rings (SSSR count). The number of hydrogen-bond acceptors (Lipinski definition) is 2. The van der Waals surface area contributed by atoms with E-state index in [1.165, 1.54) is 0 Å². The van der Waals surface area contributed by atoms with Gasteiger partial charge in [-0.05, 0) is 12.3 Å². The summed E-state index contributed by atoms with van der Waals surface area (Å²) < 4.78 is 0. The van der Waals surface area contributed by atoms with E-state index >= 15 is 0 Å². The number of rotatable bonds is 4. The van der Waals surface area contributed by atoms with Gasteiger partial charge < -0.3 is 10.4 Å². The number of aliphatic hydroxyl groups is 1.